The van der Waals surface area contributed by atoms with Crippen LogP contribution in [-0.2, 0) is 19.1 Å². The van der Waals surface area contributed by atoms with Crippen molar-refractivity contribution in [1.29, 1.82) is 21.0 Å². The Labute approximate surface area is 308 Å². The van der Waals surface area contributed by atoms with Gasteiger partial charge in [0.2, 0.25) is 0 Å². The SMILES string of the molecule is CC1(C)CC(N2CCCC2)=C(C#N)/C(=C(\C#N)C(=O)OC2CC3CC2C2CC(OC(=O)C(C#N)C4CC(C)(C)CC(N5CCCC5)=C4C#N)CC32)C1. The Balaban J connectivity index is 1.04. The van der Waals surface area contributed by atoms with Gasteiger partial charge in [-0.05, 0) is 117 Å². The van der Waals surface area contributed by atoms with Crippen LogP contribution in [0.1, 0.15) is 105 Å². The fourth-order valence-electron chi connectivity index (χ4n) is 11.3. The number of hydrogen-bond donors (Lipinski definition) is 0. The first-order valence-electron chi connectivity index (χ1n) is 19.6. The third-order valence-electron chi connectivity index (χ3n) is 13.5. The second-order valence-corrected chi connectivity index (χ2v) is 18.2. The zero-order valence-electron chi connectivity index (χ0n) is 31.2. The zero-order chi connectivity index (χ0) is 36.9. The van der Waals surface area contributed by atoms with Gasteiger partial charge in [-0.25, -0.2) is 4.79 Å². The molecule has 7 rings (SSSR count). The molecule has 52 heavy (non-hydrogen) atoms. The fraction of sp³-hybridized carbons (Fsp3) is 0.714. The van der Waals surface area contributed by atoms with Gasteiger partial charge in [-0.15, -0.1) is 0 Å². The van der Waals surface area contributed by atoms with Gasteiger partial charge in [0, 0.05) is 43.5 Å². The van der Waals surface area contributed by atoms with E-state index in [9.17, 15) is 30.6 Å². The maximum Gasteiger partial charge on any atom is 0.349 e. The predicted octanol–water partition coefficient (Wildman–Crippen LogP) is 6.84. The maximum absolute atomic E-state index is 13.8. The van der Waals surface area contributed by atoms with Crippen molar-refractivity contribution < 1.29 is 19.1 Å². The topological polar surface area (TPSA) is 154 Å². The van der Waals surface area contributed by atoms with Crippen molar-refractivity contribution in [3.8, 4) is 24.3 Å². The van der Waals surface area contributed by atoms with Gasteiger partial charge in [0.25, 0.3) is 0 Å². The quantitative estimate of drug-likeness (QED) is 0.156. The van der Waals surface area contributed by atoms with Crippen LogP contribution in [0, 0.1) is 91.7 Å². The van der Waals surface area contributed by atoms with Crippen molar-refractivity contribution in [3.63, 3.8) is 0 Å². The zero-order valence-corrected chi connectivity index (χ0v) is 31.2. The van der Waals surface area contributed by atoms with Gasteiger partial charge in [0.1, 0.15) is 29.9 Å². The average Bonchev–Trinajstić information content (AvgIpc) is 3.93. The fourth-order valence-corrected chi connectivity index (χ4v) is 11.3. The first-order valence-corrected chi connectivity index (χ1v) is 19.6. The lowest BCUT2D eigenvalue weighted by molar-refractivity contribution is -0.153. The Morgan fingerprint density at radius 3 is 2.00 bits per heavy atom. The second kappa shape index (κ2) is 13.9. The number of nitrogens with zero attached hydrogens (tertiary/aromatic N) is 6. The van der Waals surface area contributed by atoms with Crippen molar-refractivity contribution in [2.45, 2.75) is 117 Å². The number of allylic oxidation sites excluding steroid dienone is 5. The first-order chi connectivity index (χ1) is 24.9. The van der Waals surface area contributed by atoms with E-state index in [4.69, 9.17) is 9.47 Å². The Bertz CT molecular complexity index is 1770. The third kappa shape index (κ3) is 6.60. The predicted molar refractivity (Wildman–Crippen MR) is 190 cm³/mol. The highest BCUT2D eigenvalue weighted by Crippen LogP contribution is 2.60. The van der Waals surface area contributed by atoms with Gasteiger partial charge in [-0.2, -0.15) is 21.0 Å². The highest BCUT2D eigenvalue weighted by molar-refractivity contribution is 5.95. The summed E-state index contributed by atoms with van der Waals surface area (Å²) in [6.07, 6.45) is 9.22. The van der Waals surface area contributed by atoms with E-state index >= 15 is 0 Å². The molecule has 10 nitrogen and oxygen atoms in total. The molecule has 5 fully saturated rings. The molecular weight excluding hydrogens is 652 g/mol. The van der Waals surface area contributed by atoms with Crippen LogP contribution in [0.15, 0.2) is 33.7 Å². The Hall–Kier alpha value is -4.28. The minimum atomic E-state index is -1.04. The number of hydrogen-bond acceptors (Lipinski definition) is 10. The van der Waals surface area contributed by atoms with E-state index in [-0.39, 0.29) is 40.4 Å². The third-order valence-corrected chi connectivity index (χ3v) is 13.5. The summed E-state index contributed by atoms with van der Waals surface area (Å²) in [5, 5.41) is 41.2. The van der Waals surface area contributed by atoms with Gasteiger partial charge in [0.15, 0.2) is 5.92 Å². The largest absolute Gasteiger partial charge is 0.461 e. The number of fused-ring (bicyclic) bond motifs is 5. The molecule has 0 amide bonds. The van der Waals surface area contributed by atoms with Crippen LogP contribution in [0.4, 0.5) is 0 Å². The highest BCUT2D eigenvalue weighted by atomic mass is 16.5. The number of carbonyl (C=O) groups excluding carboxylic acids is 2. The summed E-state index contributed by atoms with van der Waals surface area (Å²) in [7, 11) is 0. The van der Waals surface area contributed by atoms with E-state index in [0.29, 0.717) is 54.2 Å². The van der Waals surface area contributed by atoms with Crippen LogP contribution >= 0.6 is 0 Å². The summed E-state index contributed by atoms with van der Waals surface area (Å²) in [4.78, 5) is 32.1. The summed E-state index contributed by atoms with van der Waals surface area (Å²) in [5.74, 6) is -1.68. The van der Waals surface area contributed by atoms with E-state index < -0.39 is 23.8 Å². The number of esters is 2. The molecule has 0 aromatic carbocycles. The van der Waals surface area contributed by atoms with Crippen molar-refractivity contribution in [3.05, 3.63) is 33.7 Å². The Morgan fingerprint density at radius 2 is 1.38 bits per heavy atom. The normalized spacial score (nSPS) is 34.6. The number of ether oxygens (including phenoxy) is 2. The van der Waals surface area contributed by atoms with Crippen LogP contribution in [-0.4, -0.2) is 60.1 Å². The Morgan fingerprint density at radius 1 is 0.750 bits per heavy atom. The minimum Gasteiger partial charge on any atom is -0.461 e. The van der Waals surface area contributed by atoms with Gasteiger partial charge in [-0.3, -0.25) is 4.79 Å². The molecule has 5 aliphatic carbocycles. The standard InChI is InChI=1S/C42H52N6O4/c1-41(2)17-30(32(21-43)36(19-41)47-9-5-6-10-47)34(23-45)39(49)51-26-15-27-25-13-29(28(27)16-26)38(14-25)52-40(50)35(24-46)31-18-42(3,4)20-37(33(31)22-44)48-11-7-8-12-48/h25-30,34,38H,5-20H2,1-4H3/b35-31+. The summed E-state index contributed by atoms with van der Waals surface area (Å²) in [6.45, 7) is 12.1. The monoisotopic (exact) mass is 704 g/mol. The van der Waals surface area contributed by atoms with Gasteiger partial charge >= 0.3 is 11.9 Å². The van der Waals surface area contributed by atoms with Crippen molar-refractivity contribution in [2.24, 2.45) is 46.3 Å². The molecule has 2 bridgehead atoms. The molecule has 0 aromatic rings. The first kappa shape index (κ1) is 36.1. The average molecular weight is 705 g/mol. The van der Waals surface area contributed by atoms with Gasteiger partial charge < -0.3 is 19.3 Å². The van der Waals surface area contributed by atoms with Crippen LogP contribution in [0.2, 0.25) is 0 Å². The molecule has 0 spiro atoms. The van der Waals surface area contributed by atoms with E-state index in [1.165, 1.54) is 0 Å². The van der Waals surface area contributed by atoms with Crippen LogP contribution in [0.25, 0.3) is 0 Å². The number of nitriles is 4. The molecule has 2 heterocycles. The van der Waals surface area contributed by atoms with Crippen LogP contribution in [0.5, 0.6) is 0 Å². The highest BCUT2D eigenvalue weighted by Gasteiger charge is 2.58. The second-order valence-electron chi connectivity index (χ2n) is 18.2. The molecule has 7 aliphatic rings. The lowest BCUT2D eigenvalue weighted by atomic mass is 9.67. The molecule has 0 aromatic heterocycles. The number of likely N-dealkylation sites (tertiary alicyclic amines) is 2. The smallest absolute Gasteiger partial charge is 0.349 e. The van der Waals surface area contributed by atoms with Gasteiger partial charge in [-0.1, -0.05) is 27.7 Å². The lowest BCUT2D eigenvalue weighted by Gasteiger charge is -2.40. The molecule has 10 heteroatoms. The lowest BCUT2D eigenvalue weighted by Crippen LogP contribution is -2.38. The molecule has 3 saturated carbocycles. The summed E-state index contributed by atoms with van der Waals surface area (Å²) >= 11 is 0. The van der Waals surface area contributed by atoms with Crippen LogP contribution in [0.3, 0.4) is 0 Å². The van der Waals surface area contributed by atoms with Crippen molar-refractivity contribution >= 4 is 11.9 Å². The van der Waals surface area contributed by atoms with Gasteiger partial charge in [0.05, 0.1) is 23.3 Å². The molecular formula is C42H52N6O4. The number of carbonyl (C=O) groups is 2. The maximum atomic E-state index is 13.8. The molecule has 8 atom stereocenters. The van der Waals surface area contributed by atoms with E-state index in [2.05, 4.69) is 61.8 Å². The van der Waals surface area contributed by atoms with Crippen LogP contribution < -0.4 is 0 Å². The molecule has 2 aliphatic heterocycles. The number of rotatable bonds is 7. The van der Waals surface area contributed by atoms with Crippen molar-refractivity contribution in [1.82, 2.24) is 9.80 Å². The van der Waals surface area contributed by atoms with Crippen molar-refractivity contribution in [2.75, 3.05) is 26.2 Å². The summed E-state index contributed by atoms with van der Waals surface area (Å²) in [5.41, 5.74) is 3.08. The molecule has 0 N–H and O–H groups in total. The molecule has 8 unspecified atom stereocenters. The van der Waals surface area contributed by atoms with E-state index in [1.807, 2.05) is 0 Å². The van der Waals surface area contributed by atoms with E-state index in [0.717, 1.165) is 88.9 Å². The summed E-state index contributed by atoms with van der Waals surface area (Å²) in [6, 6.07) is 9.15. The molecule has 2 saturated heterocycles. The summed E-state index contributed by atoms with van der Waals surface area (Å²) < 4.78 is 12.3. The molecule has 0 radical (unpaired) electrons. The Kier molecular flexibility index (Phi) is 9.67. The minimum absolute atomic E-state index is 0.0503. The molecule has 274 valence electrons. The van der Waals surface area contributed by atoms with E-state index in [1.54, 1.807) is 0 Å².